The van der Waals surface area contributed by atoms with Crippen LogP contribution in [0.5, 0.6) is 0 Å². The average molecular weight is 243 g/mol. The quantitative estimate of drug-likeness (QED) is 0.721. The first-order chi connectivity index (χ1) is 8.29. The van der Waals surface area contributed by atoms with Gasteiger partial charge >= 0.3 is 0 Å². The zero-order valence-corrected chi connectivity index (χ0v) is 10.7. The van der Waals surface area contributed by atoms with Gasteiger partial charge in [-0.2, -0.15) is 0 Å². The van der Waals surface area contributed by atoms with Crippen molar-refractivity contribution in [2.24, 2.45) is 4.99 Å². The molecule has 2 heterocycles. The van der Waals surface area contributed by atoms with Crippen LogP contribution in [0.15, 0.2) is 40.5 Å². The summed E-state index contributed by atoms with van der Waals surface area (Å²) in [7, 11) is 0. The zero-order valence-electron chi connectivity index (χ0n) is 9.84. The molecule has 0 N–H and O–H groups in total. The van der Waals surface area contributed by atoms with Crippen LogP contribution in [0.25, 0.3) is 5.69 Å². The predicted molar refractivity (Wildman–Crippen MR) is 71.3 cm³/mol. The predicted octanol–water partition coefficient (Wildman–Crippen LogP) is 2.92. The molecule has 2 aromatic rings. The van der Waals surface area contributed by atoms with Crippen LogP contribution >= 0.6 is 11.8 Å². The van der Waals surface area contributed by atoms with Crippen LogP contribution < -0.4 is 0 Å². The normalized spacial score (nSPS) is 13.6. The van der Waals surface area contributed by atoms with Crippen LogP contribution in [0.4, 0.5) is 0 Å². The smallest absolute Gasteiger partial charge is 0.134 e. The van der Waals surface area contributed by atoms with Crippen LogP contribution in [0, 0.1) is 0 Å². The highest BCUT2D eigenvalue weighted by Crippen LogP contribution is 2.26. The molecule has 0 unspecified atom stereocenters. The number of hydrogen-bond donors (Lipinski definition) is 0. The van der Waals surface area contributed by atoms with E-state index in [0.717, 1.165) is 11.5 Å². The summed E-state index contributed by atoms with van der Waals surface area (Å²) in [6.45, 7) is 2.72. The number of aliphatic imine (C=N–C) groups is 1. The lowest BCUT2D eigenvalue weighted by atomic mass is 10.1. The van der Waals surface area contributed by atoms with Crippen molar-refractivity contribution in [2.45, 2.75) is 18.4 Å². The lowest BCUT2D eigenvalue weighted by Gasteiger charge is -2.10. The molecule has 1 aromatic heterocycles. The van der Waals surface area contributed by atoms with Gasteiger partial charge in [0.25, 0.3) is 0 Å². The second-order valence-corrected chi connectivity index (χ2v) is 4.88. The Morgan fingerprint density at radius 1 is 1.35 bits per heavy atom. The molecular formula is C13H13N3S. The highest BCUT2D eigenvalue weighted by atomic mass is 32.2. The van der Waals surface area contributed by atoms with E-state index < -0.39 is 0 Å². The molecule has 0 bridgehead atoms. The van der Waals surface area contributed by atoms with Crippen molar-refractivity contribution in [3.05, 3.63) is 42.0 Å². The molecule has 0 spiro atoms. The van der Waals surface area contributed by atoms with Gasteiger partial charge in [0.15, 0.2) is 0 Å². The van der Waals surface area contributed by atoms with Gasteiger partial charge in [-0.25, -0.2) is 4.98 Å². The molecule has 0 atom stereocenters. The Morgan fingerprint density at radius 2 is 2.24 bits per heavy atom. The topological polar surface area (TPSA) is 30.2 Å². The monoisotopic (exact) mass is 243 g/mol. The molecule has 4 heteroatoms. The Labute approximate surface area is 105 Å². The Bertz CT molecular complexity index is 598. The van der Waals surface area contributed by atoms with Gasteiger partial charge < -0.3 is 4.57 Å². The minimum absolute atomic E-state index is 0.655. The molecule has 0 fully saturated rings. The van der Waals surface area contributed by atoms with E-state index in [-0.39, 0.29) is 0 Å². The highest BCUT2D eigenvalue weighted by molar-refractivity contribution is 7.98. The molecule has 0 aliphatic carbocycles. The van der Waals surface area contributed by atoms with E-state index in [0.29, 0.717) is 6.54 Å². The highest BCUT2D eigenvalue weighted by Gasteiger charge is 2.15. The molecule has 0 saturated heterocycles. The summed E-state index contributed by atoms with van der Waals surface area (Å²) < 4.78 is 2.12. The molecule has 0 amide bonds. The van der Waals surface area contributed by atoms with Crippen LogP contribution in [0.3, 0.4) is 0 Å². The first-order valence-electron chi connectivity index (χ1n) is 5.51. The zero-order chi connectivity index (χ0) is 11.8. The van der Waals surface area contributed by atoms with Crippen molar-refractivity contribution in [2.75, 3.05) is 6.26 Å². The fourth-order valence-electron chi connectivity index (χ4n) is 2.09. The molecule has 86 valence electrons. The van der Waals surface area contributed by atoms with E-state index in [1.54, 1.807) is 11.8 Å². The van der Waals surface area contributed by atoms with Gasteiger partial charge in [-0.05, 0) is 31.4 Å². The maximum atomic E-state index is 4.58. The van der Waals surface area contributed by atoms with Gasteiger partial charge in [0.05, 0.1) is 12.2 Å². The van der Waals surface area contributed by atoms with E-state index in [1.807, 2.05) is 12.4 Å². The second kappa shape index (κ2) is 4.04. The molecule has 3 rings (SSSR count). The first-order valence-corrected chi connectivity index (χ1v) is 6.74. The lowest BCUT2D eigenvalue weighted by molar-refractivity contribution is 0.879. The number of fused-ring (bicyclic) bond motifs is 3. The molecule has 0 radical (unpaired) electrons. The van der Waals surface area contributed by atoms with Gasteiger partial charge in [0.1, 0.15) is 5.82 Å². The Balaban J connectivity index is 2.28. The fourth-order valence-corrected chi connectivity index (χ4v) is 2.53. The number of imidazole rings is 1. The molecule has 3 nitrogen and oxygen atoms in total. The standard InChI is InChI=1S/C13H13N3S/c1-9-11-7-10(17-2)3-4-12(11)16-6-5-14-13(16)8-15-9/h3-7H,8H2,1-2H3. The Morgan fingerprint density at radius 3 is 3.06 bits per heavy atom. The molecule has 17 heavy (non-hydrogen) atoms. The molecule has 1 aliphatic heterocycles. The largest absolute Gasteiger partial charge is 0.302 e. The fraction of sp³-hybridized carbons (Fsp3) is 0.231. The first kappa shape index (κ1) is 10.6. The summed E-state index contributed by atoms with van der Waals surface area (Å²) in [6.07, 6.45) is 5.92. The number of aromatic nitrogens is 2. The van der Waals surface area contributed by atoms with Crippen LogP contribution in [0.2, 0.25) is 0 Å². The van der Waals surface area contributed by atoms with Gasteiger partial charge in [-0.15, -0.1) is 11.8 Å². The van der Waals surface area contributed by atoms with E-state index in [1.165, 1.54) is 16.1 Å². The van der Waals surface area contributed by atoms with Crippen molar-refractivity contribution in [1.29, 1.82) is 0 Å². The number of rotatable bonds is 1. The lowest BCUT2D eigenvalue weighted by Crippen LogP contribution is -2.02. The average Bonchev–Trinajstić information content (AvgIpc) is 2.78. The molecular weight excluding hydrogens is 230 g/mol. The van der Waals surface area contributed by atoms with E-state index in [2.05, 4.69) is 45.9 Å². The van der Waals surface area contributed by atoms with Gasteiger partial charge in [-0.1, -0.05) is 0 Å². The van der Waals surface area contributed by atoms with Crippen molar-refractivity contribution in [3.63, 3.8) is 0 Å². The number of nitrogens with zero attached hydrogens (tertiary/aromatic N) is 3. The van der Waals surface area contributed by atoms with E-state index >= 15 is 0 Å². The summed E-state index contributed by atoms with van der Waals surface area (Å²) in [6, 6.07) is 6.50. The number of thioether (sulfide) groups is 1. The number of benzene rings is 1. The third-order valence-corrected chi connectivity index (χ3v) is 3.75. The molecule has 1 aliphatic rings. The van der Waals surface area contributed by atoms with Gasteiger partial charge in [0, 0.05) is 28.6 Å². The van der Waals surface area contributed by atoms with Crippen molar-refractivity contribution < 1.29 is 0 Å². The summed E-state index contributed by atoms with van der Waals surface area (Å²) in [4.78, 5) is 10.2. The summed E-state index contributed by atoms with van der Waals surface area (Å²) in [5.41, 5.74) is 3.46. The Hall–Kier alpha value is -1.55. The van der Waals surface area contributed by atoms with E-state index in [9.17, 15) is 0 Å². The number of hydrogen-bond acceptors (Lipinski definition) is 3. The van der Waals surface area contributed by atoms with Crippen molar-refractivity contribution in [3.8, 4) is 5.69 Å². The minimum Gasteiger partial charge on any atom is -0.302 e. The Kier molecular flexibility index (Phi) is 2.52. The third-order valence-electron chi connectivity index (χ3n) is 3.03. The van der Waals surface area contributed by atoms with Crippen LogP contribution in [0.1, 0.15) is 18.3 Å². The summed E-state index contributed by atoms with van der Waals surface area (Å²) >= 11 is 1.75. The van der Waals surface area contributed by atoms with Gasteiger partial charge in [0.2, 0.25) is 0 Å². The van der Waals surface area contributed by atoms with Crippen LogP contribution in [-0.4, -0.2) is 21.5 Å². The van der Waals surface area contributed by atoms with Crippen molar-refractivity contribution in [1.82, 2.24) is 9.55 Å². The maximum Gasteiger partial charge on any atom is 0.134 e. The minimum atomic E-state index is 0.655. The SMILES string of the molecule is CSc1ccc2c(c1)C(C)=NCc1nccn1-2. The second-order valence-electron chi connectivity index (χ2n) is 4.00. The molecule has 0 saturated carbocycles. The maximum absolute atomic E-state index is 4.58. The van der Waals surface area contributed by atoms with Crippen molar-refractivity contribution >= 4 is 17.5 Å². The van der Waals surface area contributed by atoms with Crippen LogP contribution in [-0.2, 0) is 6.54 Å². The van der Waals surface area contributed by atoms with E-state index in [4.69, 9.17) is 0 Å². The summed E-state index contributed by atoms with van der Waals surface area (Å²) in [5.74, 6) is 1.00. The third kappa shape index (κ3) is 1.69. The van der Waals surface area contributed by atoms with Gasteiger partial charge in [-0.3, -0.25) is 4.99 Å². The molecule has 1 aromatic carbocycles. The summed E-state index contributed by atoms with van der Waals surface area (Å²) in [5, 5.41) is 0.